The number of carbonyl (C=O) groups excluding carboxylic acids is 2. The van der Waals surface area contributed by atoms with E-state index in [4.69, 9.17) is 21.1 Å². The number of fused-ring (bicyclic) bond motifs is 1. The minimum absolute atomic E-state index is 0.0457. The van der Waals surface area contributed by atoms with E-state index in [-0.39, 0.29) is 35.9 Å². The van der Waals surface area contributed by atoms with Crippen LogP contribution in [0.4, 0.5) is 10.1 Å². The average Bonchev–Trinajstić information content (AvgIpc) is 2.96. The maximum absolute atomic E-state index is 14.2. The van der Waals surface area contributed by atoms with Crippen LogP contribution < -0.4 is 19.1 Å². The van der Waals surface area contributed by atoms with Gasteiger partial charge in [-0.1, -0.05) is 36.7 Å². The van der Waals surface area contributed by atoms with Crippen LogP contribution in [0.25, 0.3) is 0 Å². The van der Waals surface area contributed by atoms with E-state index in [9.17, 15) is 22.4 Å². The average molecular weight is 632 g/mol. The molecule has 0 aromatic heterocycles. The number of ether oxygens (including phenoxy) is 2. The summed E-state index contributed by atoms with van der Waals surface area (Å²) in [6, 6.07) is 14.9. The van der Waals surface area contributed by atoms with E-state index in [2.05, 4.69) is 5.32 Å². The van der Waals surface area contributed by atoms with Gasteiger partial charge in [-0.15, -0.1) is 0 Å². The van der Waals surface area contributed by atoms with Gasteiger partial charge < -0.3 is 19.7 Å². The number of sulfonamides is 1. The van der Waals surface area contributed by atoms with Crippen LogP contribution >= 0.6 is 11.6 Å². The number of halogens is 2. The van der Waals surface area contributed by atoms with Gasteiger partial charge in [-0.3, -0.25) is 13.9 Å². The Morgan fingerprint density at radius 1 is 1.00 bits per heavy atom. The smallest absolute Gasteiger partial charge is 0.264 e. The molecule has 9 nitrogen and oxygen atoms in total. The molecule has 12 heteroatoms. The Hall–Kier alpha value is -3.83. The molecule has 0 saturated carbocycles. The number of rotatable bonds is 10. The highest BCUT2D eigenvalue weighted by atomic mass is 35.5. The summed E-state index contributed by atoms with van der Waals surface area (Å²) < 4.78 is 54.1. The topological polar surface area (TPSA) is 105 Å². The highest BCUT2D eigenvalue weighted by Gasteiger charge is 2.35. The fourth-order valence-electron chi connectivity index (χ4n) is 4.63. The Bertz CT molecular complexity index is 1580. The lowest BCUT2D eigenvalue weighted by Gasteiger charge is -2.35. The Balaban J connectivity index is 1.76. The third kappa shape index (κ3) is 7.77. The van der Waals surface area contributed by atoms with Crippen molar-refractivity contribution in [1.29, 1.82) is 0 Å². The Morgan fingerprint density at radius 3 is 2.28 bits per heavy atom. The molecule has 3 aromatic rings. The molecule has 2 amide bonds. The molecule has 43 heavy (non-hydrogen) atoms. The van der Waals surface area contributed by atoms with Crippen LogP contribution in [0.1, 0.15) is 39.7 Å². The van der Waals surface area contributed by atoms with Crippen LogP contribution in [-0.4, -0.2) is 56.5 Å². The summed E-state index contributed by atoms with van der Waals surface area (Å²) in [7, 11) is -4.39. The van der Waals surface area contributed by atoms with Gasteiger partial charge in [-0.2, -0.15) is 0 Å². The van der Waals surface area contributed by atoms with E-state index in [1.165, 1.54) is 35.2 Å². The first-order chi connectivity index (χ1) is 20.3. The number of carbonyl (C=O) groups is 2. The number of benzene rings is 3. The maximum atomic E-state index is 14.2. The highest BCUT2D eigenvalue weighted by Crippen LogP contribution is 2.34. The number of hydrogen-bond acceptors (Lipinski definition) is 6. The summed E-state index contributed by atoms with van der Waals surface area (Å²) in [5, 5.41) is 3.31. The summed E-state index contributed by atoms with van der Waals surface area (Å²) in [6.45, 7) is 7.11. The van der Waals surface area contributed by atoms with Gasteiger partial charge in [0, 0.05) is 23.2 Å². The predicted octanol–water partition coefficient (Wildman–Crippen LogP) is 5.17. The van der Waals surface area contributed by atoms with Gasteiger partial charge in [-0.25, -0.2) is 12.8 Å². The molecule has 0 fully saturated rings. The number of amides is 2. The molecule has 0 unspecified atom stereocenters. The molecule has 230 valence electrons. The van der Waals surface area contributed by atoms with Crippen LogP contribution in [0.3, 0.4) is 0 Å². The lowest BCUT2D eigenvalue weighted by atomic mass is 10.1. The predicted molar refractivity (Wildman–Crippen MR) is 162 cm³/mol. The van der Waals surface area contributed by atoms with Crippen molar-refractivity contribution in [2.75, 3.05) is 24.1 Å². The van der Waals surface area contributed by atoms with Gasteiger partial charge in [0.2, 0.25) is 11.8 Å². The molecule has 1 aliphatic rings. The lowest BCUT2D eigenvalue weighted by molar-refractivity contribution is -0.141. The zero-order valence-electron chi connectivity index (χ0n) is 24.5. The second-order valence-corrected chi connectivity index (χ2v) is 13.3. The molecular formula is C31H35ClFN3O6S. The Kier molecular flexibility index (Phi) is 9.86. The molecule has 3 aromatic carbocycles. The fraction of sp³-hybridized carbons (Fsp3) is 0.355. The molecule has 1 heterocycles. The number of nitrogens with one attached hydrogen (secondary N) is 1. The maximum Gasteiger partial charge on any atom is 0.264 e. The zero-order chi connectivity index (χ0) is 31.4. The summed E-state index contributed by atoms with van der Waals surface area (Å²) in [5.41, 5.74) is 0.0720. The molecule has 1 N–H and O–H groups in total. The van der Waals surface area contributed by atoms with Gasteiger partial charge in [0.15, 0.2) is 11.5 Å². The van der Waals surface area contributed by atoms with Gasteiger partial charge in [0.1, 0.15) is 31.6 Å². The zero-order valence-corrected chi connectivity index (χ0v) is 26.0. The largest absolute Gasteiger partial charge is 0.486 e. The van der Waals surface area contributed by atoms with Crippen molar-refractivity contribution in [2.45, 2.75) is 57.1 Å². The van der Waals surface area contributed by atoms with Crippen LogP contribution in [0.2, 0.25) is 5.02 Å². The summed E-state index contributed by atoms with van der Waals surface area (Å²) in [4.78, 5) is 28.8. The Labute approximate surface area is 256 Å². The highest BCUT2D eigenvalue weighted by molar-refractivity contribution is 7.92. The van der Waals surface area contributed by atoms with Crippen molar-refractivity contribution in [3.8, 4) is 11.5 Å². The molecule has 0 radical (unpaired) electrons. The van der Waals surface area contributed by atoms with Crippen molar-refractivity contribution >= 4 is 39.1 Å². The van der Waals surface area contributed by atoms with Crippen molar-refractivity contribution in [2.24, 2.45) is 0 Å². The standard InChI is InChI=1S/C31H35ClFN3O6S/c1-5-26(30(38)34-31(2,3)4)35(19-21-8-6-7-9-25(21)32)29(37)20-36(23-12-10-22(33)11-13-23)43(39,40)24-14-15-27-28(18-24)42-17-16-41-27/h6-15,18,26H,5,16-17,19-20H2,1-4H3,(H,34,38)/t26-/m1/s1. The molecule has 1 aliphatic heterocycles. The minimum atomic E-state index is -4.39. The van der Waals surface area contributed by atoms with Crippen molar-refractivity contribution in [1.82, 2.24) is 10.2 Å². The SMILES string of the molecule is CC[C@H](C(=O)NC(C)(C)C)N(Cc1ccccc1Cl)C(=O)CN(c1ccc(F)cc1)S(=O)(=O)c1ccc2c(c1)OCCO2. The fourth-order valence-corrected chi connectivity index (χ4v) is 6.26. The monoisotopic (exact) mass is 631 g/mol. The summed E-state index contributed by atoms with van der Waals surface area (Å²) in [5.74, 6) is -0.962. The molecule has 0 saturated heterocycles. The number of nitrogens with zero attached hydrogens (tertiary/aromatic N) is 2. The van der Waals surface area contributed by atoms with E-state index >= 15 is 0 Å². The van der Waals surface area contributed by atoms with E-state index in [0.29, 0.717) is 22.9 Å². The first kappa shape index (κ1) is 32.1. The molecule has 0 spiro atoms. The molecular weight excluding hydrogens is 597 g/mol. The Morgan fingerprint density at radius 2 is 1.65 bits per heavy atom. The first-order valence-electron chi connectivity index (χ1n) is 13.8. The third-order valence-electron chi connectivity index (χ3n) is 6.68. The van der Waals surface area contributed by atoms with Crippen LogP contribution in [-0.2, 0) is 26.2 Å². The van der Waals surface area contributed by atoms with E-state index < -0.39 is 45.8 Å². The van der Waals surface area contributed by atoms with Gasteiger partial charge in [-0.05, 0) is 75.2 Å². The molecule has 4 rings (SSSR count). The van der Waals surface area contributed by atoms with Crippen LogP contribution in [0.15, 0.2) is 71.6 Å². The molecule has 0 bridgehead atoms. The first-order valence-corrected chi connectivity index (χ1v) is 15.6. The van der Waals surface area contributed by atoms with Crippen LogP contribution in [0, 0.1) is 5.82 Å². The number of hydrogen-bond donors (Lipinski definition) is 1. The van der Waals surface area contributed by atoms with E-state index in [0.717, 1.165) is 16.4 Å². The molecule has 0 aliphatic carbocycles. The van der Waals surface area contributed by atoms with Gasteiger partial charge in [0.05, 0.1) is 10.6 Å². The second kappa shape index (κ2) is 13.2. The summed E-state index contributed by atoms with van der Waals surface area (Å²) in [6.07, 6.45) is 0.254. The van der Waals surface area contributed by atoms with Crippen molar-refractivity contribution in [3.05, 3.63) is 83.1 Å². The quantitative estimate of drug-likeness (QED) is 0.331. The third-order valence-corrected chi connectivity index (χ3v) is 8.82. The van der Waals surface area contributed by atoms with Crippen molar-refractivity contribution in [3.63, 3.8) is 0 Å². The van der Waals surface area contributed by atoms with E-state index in [1.54, 1.807) is 31.2 Å². The summed E-state index contributed by atoms with van der Waals surface area (Å²) >= 11 is 6.43. The van der Waals surface area contributed by atoms with Crippen molar-refractivity contribution < 1.29 is 31.9 Å². The van der Waals surface area contributed by atoms with Crippen LogP contribution in [0.5, 0.6) is 11.5 Å². The lowest BCUT2D eigenvalue weighted by Crippen LogP contribution is -2.55. The van der Waals surface area contributed by atoms with Gasteiger partial charge >= 0.3 is 0 Å². The second-order valence-electron chi connectivity index (χ2n) is 11.1. The van der Waals surface area contributed by atoms with E-state index in [1.807, 2.05) is 20.8 Å². The normalized spacial score (nSPS) is 13.6. The minimum Gasteiger partial charge on any atom is -0.486 e. The van der Waals surface area contributed by atoms with Gasteiger partial charge in [0.25, 0.3) is 10.0 Å². The molecule has 1 atom stereocenters. The number of anilines is 1.